The third kappa shape index (κ3) is 4.27. The molecule has 0 saturated heterocycles. The summed E-state index contributed by atoms with van der Waals surface area (Å²) in [5.74, 6) is -1.13. The average molecular weight is 307 g/mol. The molecular weight excluding hydrogens is 290 g/mol. The van der Waals surface area contributed by atoms with Crippen LogP contribution in [-0.2, 0) is 10.0 Å². The first-order valence-corrected chi connectivity index (χ1v) is 8.05. The molecule has 0 aromatic carbocycles. The normalized spacial score (nSPS) is 13.4. The van der Waals surface area contributed by atoms with Crippen LogP contribution in [-0.4, -0.2) is 37.2 Å². The Morgan fingerprint density at radius 1 is 1.53 bits per heavy atom. The third-order valence-electron chi connectivity index (χ3n) is 2.51. The van der Waals surface area contributed by atoms with Crippen molar-refractivity contribution in [2.45, 2.75) is 36.9 Å². The maximum absolute atomic E-state index is 12.0. The fourth-order valence-electron chi connectivity index (χ4n) is 1.58. The molecule has 3 N–H and O–H groups in total. The van der Waals surface area contributed by atoms with Crippen LogP contribution in [0, 0.1) is 6.92 Å². The number of hydrogen-bond donors (Lipinski definition) is 3. The van der Waals surface area contributed by atoms with E-state index in [0.29, 0.717) is 18.4 Å². The molecule has 19 heavy (non-hydrogen) atoms. The van der Waals surface area contributed by atoms with Crippen LogP contribution in [0.1, 0.15) is 35.0 Å². The van der Waals surface area contributed by atoms with Crippen molar-refractivity contribution in [3.8, 4) is 0 Å². The highest BCUT2D eigenvalue weighted by Gasteiger charge is 2.23. The second-order valence-electron chi connectivity index (χ2n) is 4.27. The van der Waals surface area contributed by atoms with E-state index in [2.05, 4.69) is 4.72 Å². The molecule has 0 aliphatic carbocycles. The van der Waals surface area contributed by atoms with E-state index in [1.807, 2.05) is 0 Å². The Morgan fingerprint density at radius 3 is 2.63 bits per heavy atom. The fraction of sp³-hybridized carbons (Fsp3) is 0.545. The zero-order valence-electron chi connectivity index (χ0n) is 10.7. The molecule has 1 aromatic heterocycles. The summed E-state index contributed by atoms with van der Waals surface area (Å²) < 4.78 is 26.5. The summed E-state index contributed by atoms with van der Waals surface area (Å²) in [5.41, 5.74) is 0.431. The van der Waals surface area contributed by atoms with Crippen LogP contribution in [0.2, 0.25) is 0 Å². The van der Waals surface area contributed by atoms with Gasteiger partial charge in [0, 0.05) is 12.6 Å². The number of carbonyl (C=O) groups is 1. The molecule has 0 radical (unpaired) electrons. The van der Waals surface area contributed by atoms with Crippen molar-refractivity contribution in [2.24, 2.45) is 0 Å². The van der Waals surface area contributed by atoms with Crippen LogP contribution in [0.25, 0.3) is 0 Å². The lowest BCUT2D eigenvalue weighted by atomic mass is 10.2. The van der Waals surface area contributed by atoms with Crippen molar-refractivity contribution in [3.05, 3.63) is 16.5 Å². The standard InChI is InChI=1S/C11H17NO5S2/c1-7-6-9(18-10(7)11(14)15)19(16,17)12-8(2)4-3-5-13/h6,8,12-13H,3-5H2,1-2H3,(H,14,15). The summed E-state index contributed by atoms with van der Waals surface area (Å²) in [6.45, 7) is 3.27. The number of sulfonamides is 1. The van der Waals surface area contributed by atoms with E-state index in [-0.39, 0.29) is 21.7 Å². The van der Waals surface area contributed by atoms with E-state index in [0.717, 1.165) is 11.3 Å². The number of thiophene rings is 1. The molecule has 0 aliphatic heterocycles. The molecule has 1 aromatic rings. The number of aliphatic hydroxyl groups is 1. The molecule has 0 aliphatic rings. The number of hydrogen-bond acceptors (Lipinski definition) is 5. The van der Waals surface area contributed by atoms with E-state index in [1.54, 1.807) is 13.8 Å². The Hall–Kier alpha value is -0.960. The molecule has 0 saturated carbocycles. The largest absolute Gasteiger partial charge is 0.477 e. The lowest BCUT2D eigenvalue weighted by Gasteiger charge is -2.12. The number of nitrogens with one attached hydrogen (secondary N) is 1. The number of rotatable bonds is 7. The van der Waals surface area contributed by atoms with Crippen LogP contribution in [0.4, 0.5) is 0 Å². The van der Waals surface area contributed by atoms with E-state index in [1.165, 1.54) is 6.07 Å². The maximum Gasteiger partial charge on any atom is 0.346 e. The topological polar surface area (TPSA) is 104 Å². The van der Waals surface area contributed by atoms with Gasteiger partial charge in [-0.05, 0) is 38.3 Å². The lowest BCUT2D eigenvalue weighted by molar-refractivity contribution is 0.0701. The van der Waals surface area contributed by atoms with Gasteiger partial charge in [0.1, 0.15) is 9.09 Å². The van der Waals surface area contributed by atoms with E-state index in [4.69, 9.17) is 10.2 Å². The Labute approximate surface area is 116 Å². The number of carboxylic acids is 1. The van der Waals surface area contributed by atoms with E-state index < -0.39 is 16.0 Å². The number of carboxylic acid groups (broad SMARTS) is 1. The number of aryl methyl sites for hydroxylation is 1. The van der Waals surface area contributed by atoms with Gasteiger partial charge in [0.05, 0.1) is 0 Å². The molecule has 0 bridgehead atoms. The quantitative estimate of drug-likeness (QED) is 0.702. The van der Waals surface area contributed by atoms with Crippen molar-refractivity contribution < 1.29 is 23.4 Å². The third-order valence-corrected chi connectivity index (χ3v) is 5.79. The van der Waals surface area contributed by atoms with Crippen molar-refractivity contribution in [2.75, 3.05) is 6.61 Å². The van der Waals surface area contributed by atoms with Crippen LogP contribution in [0.15, 0.2) is 10.3 Å². The highest BCUT2D eigenvalue weighted by Crippen LogP contribution is 2.26. The Kier molecular flexibility index (Phi) is 5.48. The summed E-state index contributed by atoms with van der Waals surface area (Å²) in [4.78, 5) is 10.9. The van der Waals surface area contributed by atoms with E-state index in [9.17, 15) is 13.2 Å². The first-order chi connectivity index (χ1) is 8.77. The first kappa shape index (κ1) is 16.1. The van der Waals surface area contributed by atoms with Crippen molar-refractivity contribution in [1.29, 1.82) is 0 Å². The van der Waals surface area contributed by atoms with Crippen LogP contribution in [0.5, 0.6) is 0 Å². The van der Waals surface area contributed by atoms with Gasteiger partial charge < -0.3 is 10.2 Å². The van der Waals surface area contributed by atoms with Crippen molar-refractivity contribution in [1.82, 2.24) is 4.72 Å². The summed E-state index contributed by atoms with van der Waals surface area (Å²) in [5, 5.41) is 17.6. The predicted octanol–water partition coefficient (Wildman–Crippen LogP) is 1.19. The fourth-order valence-corrected chi connectivity index (χ4v) is 4.25. The van der Waals surface area contributed by atoms with Crippen molar-refractivity contribution >= 4 is 27.3 Å². The summed E-state index contributed by atoms with van der Waals surface area (Å²) >= 11 is 0.741. The Bertz CT molecular complexity index is 549. The molecule has 108 valence electrons. The maximum atomic E-state index is 12.0. The molecule has 1 rings (SSSR count). The Morgan fingerprint density at radius 2 is 2.16 bits per heavy atom. The minimum Gasteiger partial charge on any atom is -0.477 e. The minimum atomic E-state index is -3.70. The van der Waals surface area contributed by atoms with Crippen molar-refractivity contribution in [3.63, 3.8) is 0 Å². The first-order valence-electron chi connectivity index (χ1n) is 5.75. The van der Waals surface area contributed by atoms with Gasteiger partial charge in [-0.1, -0.05) is 0 Å². The van der Waals surface area contributed by atoms with Gasteiger partial charge >= 0.3 is 5.97 Å². The smallest absolute Gasteiger partial charge is 0.346 e. The van der Waals surface area contributed by atoms with Gasteiger partial charge in [-0.3, -0.25) is 0 Å². The SMILES string of the molecule is Cc1cc(S(=O)(=O)NC(C)CCCO)sc1C(=O)O. The molecule has 1 atom stereocenters. The number of aromatic carboxylic acids is 1. The van der Waals surface area contributed by atoms with Crippen LogP contribution >= 0.6 is 11.3 Å². The summed E-state index contributed by atoms with van der Waals surface area (Å²) in [6.07, 6.45) is 1.03. The highest BCUT2D eigenvalue weighted by molar-refractivity contribution is 7.91. The summed E-state index contributed by atoms with van der Waals surface area (Å²) in [6, 6.07) is 1.04. The molecular formula is C11H17NO5S2. The highest BCUT2D eigenvalue weighted by atomic mass is 32.2. The second kappa shape index (κ2) is 6.47. The molecule has 0 amide bonds. The molecule has 0 fully saturated rings. The molecule has 0 spiro atoms. The van der Waals surface area contributed by atoms with Gasteiger partial charge in [-0.2, -0.15) is 0 Å². The predicted molar refractivity (Wildman–Crippen MR) is 72.1 cm³/mol. The summed E-state index contributed by atoms with van der Waals surface area (Å²) in [7, 11) is -3.70. The number of aliphatic hydroxyl groups excluding tert-OH is 1. The Balaban J connectivity index is 2.89. The lowest BCUT2D eigenvalue weighted by Crippen LogP contribution is -2.32. The van der Waals surface area contributed by atoms with Crippen LogP contribution in [0.3, 0.4) is 0 Å². The molecule has 1 heterocycles. The average Bonchev–Trinajstić information content (AvgIpc) is 2.69. The van der Waals surface area contributed by atoms with Gasteiger partial charge in [0.2, 0.25) is 10.0 Å². The van der Waals surface area contributed by atoms with E-state index >= 15 is 0 Å². The van der Waals surface area contributed by atoms with Gasteiger partial charge in [-0.15, -0.1) is 11.3 Å². The monoisotopic (exact) mass is 307 g/mol. The van der Waals surface area contributed by atoms with Gasteiger partial charge in [-0.25, -0.2) is 17.9 Å². The molecule has 8 heteroatoms. The second-order valence-corrected chi connectivity index (χ2v) is 7.26. The van der Waals surface area contributed by atoms with Gasteiger partial charge in [0.25, 0.3) is 0 Å². The zero-order valence-corrected chi connectivity index (χ0v) is 12.3. The minimum absolute atomic E-state index is 0.00162. The molecule has 6 nitrogen and oxygen atoms in total. The van der Waals surface area contributed by atoms with Crippen LogP contribution < -0.4 is 4.72 Å². The molecule has 1 unspecified atom stereocenters. The van der Waals surface area contributed by atoms with Gasteiger partial charge in [0.15, 0.2) is 0 Å². The zero-order chi connectivity index (χ0) is 14.6.